The molecule has 2 aromatic rings. The van der Waals surface area contributed by atoms with Gasteiger partial charge in [-0.2, -0.15) is 4.31 Å². The van der Waals surface area contributed by atoms with Gasteiger partial charge in [-0.3, -0.25) is 0 Å². The first-order valence-corrected chi connectivity index (χ1v) is 9.55. The molecule has 2 aliphatic rings. The summed E-state index contributed by atoms with van der Waals surface area (Å²) in [5.74, 6) is 1.11. The predicted molar refractivity (Wildman–Crippen MR) is 89.8 cm³/mol. The molecule has 0 saturated heterocycles. The minimum atomic E-state index is -3.55. The van der Waals surface area contributed by atoms with Gasteiger partial charge in [0.15, 0.2) is 11.5 Å². The van der Waals surface area contributed by atoms with Crippen LogP contribution >= 0.6 is 0 Å². The van der Waals surface area contributed by atoms with Crippen molar-refractivity contribution < 1.29 is 17.9 Å². The van der Waals surface area contributed by atoms with Gasteiger partial charge in [-0.05, 0) is 29.7 Å². The van der Waals surface area contributed by atoms with E-state index in [4.69, 9.17) is 9.47 Å². The molecule has 6 heteroatoms. The summed E-state index contributed by atoms with van der Waals surface area (Å²) in [6, 6.07) is 12.9. The van der Waals surface area contributed by atoms with Gasteiger partial charge in [0.2, 0.25) is 10.0 Å². The Bertz CT molecular complexity index is 863. The first-order chi connectivity index (χ1) is 11.6. The van der Waals surface area contributed by atoms with Crippen LogP contribution in [0.15, 0.2) is 47.4 Å². The molecule has 0 fully saturated rings. The first-order valence-electron chi connectivity index (χ1n) is 8.11. The fourth-order valence-corrected chi connectivity index (χ4v) is 4.56. The molecule has 0 radical (unpaired) electrons. The van der Waals surface area contributed by atoms with Crippen molar-refractivity contribution in [2.75, 3.05) is 19.8 Å². The monoisotopic (exact) mass is 345 g/mol. The van der Waals surface area contributed by atoms with Crippen LogP contribution in [0.2, 0.25) is 0 Å². The molecule has 0 amide bonds. The minimum absolute atomic E-state index is 0.256. The van der Waals surface area contributed by atoms with E-state index in [-0.39, 0.29) is 4.90 Å². The lowest BCUT2D eigenvalue weighted by Crippen LogP contribution is -2.35. The zero-order valence-electron chi connectivity index (χ0n) is 13.3. The van der Waals surface area contributed by atoms with Crippen LogP contribution < -0.4 is 9.47 Å². The maximum absolute atomic E-state index is 13.0. The average molecular weight is 345 g/mol. The average Bonchev–Trinajstić information content (AvgIpc) is 2.86. The lowest BCUT2D eigenvalue weighted by molar-refractivity contribution is 0.296. The van der Waals surface area contributed by atoms with Gasteiger partial charge in [-0.1, -0.05) is 24.3 Å². The molecule has 0 bridgehead atoms. The van der Waals surface area contributed by atoms with Crippen molar-refractivity contribution in [3.8, 4) is 11.5 Å². The second-order valence-electron chi connectivity index (χ2n) is 6.02. The van der Waals surface area contributed by atoms with Crippen LogP contribution in [0.3, 0.4) is 0 Å². The van der Waals surface area contributed by atoms with E-state index < -0.39 is 10.0 Å². The molecule has 0 saturated carbocycles. The zero-order chi connectivity index (χ0) is 16.6. The maximum atomic E-state index is 13.0. The fourth-order valence-electron chi connectivity index (χ4n) is 3.13. The van der Waals surface area contributed by atoms with Gasteiger partial charge < -0.3 is 9.47 Å². The molecule has 2 aliphatic heterocycles. The predicted octanol–water partition coefficient (Wildman–Crippen LogP) is 2.59. The summed E-state index contributed by atoms with van der Waals surface area (Å²) in [6.07, 6.45) is 1.53. The quantitative estimate of drug-likeness (QED) is 0.839. The smallest absolute Gasteiger partial charge is 0.243 e. The molecule has 0 N–H and O–H groups in total. The zero-order valence-corrected chi connectivity index (χ0v) is 14.1. The van der Waals surface area contributed by atoms with E-state index in [2.05, 4.69) is 6.07 Å². The van der Waals surface area contributed by atoms with E-state index in [1.54, 1.807) is 18.2 Å². The second kappa shape index (κ2) is 6.11. The molecule has 0 atom stereocenters. The maximum Gasteiger partial charge on any atom is 0.243 e. The van der Waals surface area contributed by atoms with Crippen molar-refractivity contribution in [3.63, 3.8) is 0 Å². The Kier molecular flexibility index (Phi) is 3.94. The molecule has 5 nitrogen and oxygen atoms in total. The van der Waals surface area contributed by atoms with Gasteiger partial charge in [0.25, 0.3) is 0 Å². The number of rotatable bonds is 2. The molecule has 2 aromatic carbocycles. The number of fused-ring (bicyclic) bond motifs is 2. The molecule has 0 aliphatic carbocycles. The van der Waals surface area contributed by atoms with Crippen molar-refractivity contribution >= 4 is 10.0 Å². The molecule has 2 heterocycles. The number of ether oxygens (including phenoxy) is 2. The third-order valence-electron chi connectivity index (χ3n) is 4.45. The Morgan fingerprint density at radius 3 is 2.50 bits per heavy atom. The molecule has 0 aromatic heterocycles. The number of hydrogen-bond donors (Lipinski definition) is 0. The Balaban J connectivity index is 1.65. The number of benzene rings is 2. The van der Waals surface area contributed by atoms with Gasteiger partial charge in [-0.15, -0.1) is 0 Å². The van der Waals surface area contributed by atoms with Gasteiger partial charge in [-0.25, -0.2) is 8.42 Å². The molecule has 0 spiro atoms. The minimum Gasteiger partial charge on any atom is -0.490 e. The lowest BCUT2D eigenvalue weighted by Gasteiger charge is -2.28. The van der Waals surface area contributed by atoms with Crippen molar-refractivity contribution in [1.82, 2.24) is 4.31 Å². The fraction of sp³-hybridized carbons (Fsp3) is 0.333. The molecule has 126 valence electrons. The topological polar surface area (TPSA) is 55.8 Å². The van der Waals surface area contributed by atoms with Crippen molar-refractivity contribution in [2.45, 2.75) is 24.3 Å². The summed E-state index contributed by atoms with van der Waals surface area (Å²) >= 11 is 0. The Hall–Kier alpha value is -2.05. The van der Waals surface area contributed by atoms with Gasteiger partial charge >= 0.3 is 0 Å². The van der Waals surface area contributed by atoms with E-state index in [9.17, 15) is 8.42 Å². The normalized spacial score (nSPS) is 17.8. The molecule has 24 heavy (non-hydrogen) atoms. The Labute approximate surface area is 141 Å². The van der Waals surface area contributed by atoms with E-state index in [0.717, 1.165) is 18.4 Å². The molecule has 0 unspecified atom stereocenters. The van der Waals surface area contributed by atoms with Crippen molar-refractivity contribution in [1.29, 1.82) is 0 Å². The summed E-state index contributed by atoms with van der Waals surface area (Å²) in [6.45, 7) is 2.02. The van der Waals surface area contributed by atoms with Gasteiger partial charge in [0.05, 0.1) is 18.1 Å². The molecular weight excluding hydrogens is 326 g/mol. The molecule has 4 rings (SSSR count). The summed E-state index contributed by atoms with van der Waals surface area (Å²) in [7, 11) is -3.55. The second-order valence-corrected chi connectivity index (χ2v) is 7.95. The van der Waals surface area contributed by atoms with E-state index >= 15 is 0 Å². The lowest BCUT2D eigenvalue weighted by atomic mass is 10.0. The van der Waals surface area contributed by atoms with Crippen molar-refractivity contribution in [3.05, 3.63) is 53.6 Å². The number of hydrogen-bond acceptors (Lipinski definition) is 4. The van der Waals surface area contributed by atoms with Crippen LogP contribution in [0.25, 0.3) is 0 Å². The Morgan fingerprint density at radius 2 is 1.67 bits per heavy atom. The Morgan fingerprint density at radius 1 is 0.917 bits per heavy atom. The van der Waals surface area contributed by atoms with E-state index in [1.807, 2.05) is 18.2 Å². The third kappa shape index (κ3) is 2.76. The highest BCUT2D eigenvalue weighted by atomic mass is 32.2. The van der Waals surface area contributed by atoms with Gasteiger partial charge in [0.1, 0.15) is 0 Å². The molecular formula is C18H19NO4S. The number of nitrogens with zero attached hydrogens (tertiary/aromatic N) is 1. The summed E-state index contributed by atoms with van der Waals surface area (Å²) in [5.41, 5.74) is 2.30. The first kappa shape index (κ1) is 15.5. The van der Waals surface area contributed by atoms with Crippen molar-refractivity contribution in [2.24, 2.45) is 0 Å². The van der Waals surface area contributed by atoms with E-state index in [1.165, 1.54) is 9.87 Å². The summed E-state index contributed by atoms with van der Waals surface area (Å²) < 4.78 is 38.7. The summed E-state index contributed by atoms with van der Waals surface area (Å²) in [4.78, 5) is 0.256. The highest BCUT2D eigenvalue weighted by Crippen LogP contribution is 2.33. The van der Waals surface area contributed by atoms with E-state index in [0.29, 0.717) is 37.8 Å². The standard InChI is InChI=1S/C18H19NO4S/c20-24(21,19-9-8-14-4-1-2-5-15(14)13-19)16-6-7-17-18(12-16)23-11-3-10-22-17/h1-2,4-7,12H,3,8-11,13H2. The largest absolute Gasteiger partial charge is 0.490 e. The summed E-state index contributed by atoms with van der Waals surface area (Å²) in [5, 5.41) is 0. The van der Waals surface area contributed by atoms with Crippen LogP contribution in [0.4, 0.5) is 0 Å². The van der Waals surface area contributed by atoms with Crippen LogP contribution in [-0.4, -0.2) is 32.5 Å². The third-order valence-corrected chi connectivity index (χ3v) is 6.29. The number of sulfonamides is 1. The SMILES string of the molecule is O=S(=O)(c1ccc2c(c1)OCCCO2)N1CCc2ccccc2C1. The highest BCUT2D eigenvalue weighted by molar-refractivity contribution is 7.89. The van der Waals surface area contributed by atoms with Crippen LogP contribution in [-0.2, 0) is 23.0 Å². The van der Waals surface area contributed by atoms with Gasteiger partial charge in [0, 0.05) is 25.6 Å². The van der Waals surface area contributed by atoms with Crippen LogP contribution in [0, 0.1) is 0 Å². The highest BCUT2D eigenvalue weighted by Gasteiger charge is 2.29. The van der Waals surface area contributed by atoms with Crippen LogP contribution in [0.1, 0.15) is 17.5 Å². The van der Waals surface area contributed by atoms with Crippen LogP contribution in [0.5, 0.6) is 11.5 Å².